The zero-order valence-electron chi connectivity index (χ0n) is 13.3. The summed E-state index contributed by atoms with van der Waals surface area (Å²) >= 11 is 1.34. The molecule has 0 unspecified atom stereocenters. The van der Waals surface area contributed by atoms with Crippen molar-refractivity contribution in [2.45, 2.75) is 44.6 Å². The number of amides is 1. The van der Waals surface area contributed by atoms with Crippen LogP contribution in [0.2, 0.25) is 0 Å². The van der Waals surface area contributed by atoms with Crippen LogP contribution in [0.4, 0.5) is 0 Å². The molecule has 1 atom stereocenters. The van der Waals surface area contributed by atoms with Gasteiger partial charge in [0, 0.05) is 18.4 Å². The van der Waals surface area contributed by atoms with Crippen LogP contribution in [0.25, 0.3) is 0 Å². The normalized spacial score (nSPS) is 12.2. The summed E-state index contributed by atoms with van der Waals surface area (Å²) in [4.78, 5) is 26.7. The molecule has 0 aromatic carbocycles. The van der Waals surface area contributed by atoms with E-state index in [9.17, 15) is 4.79 Å². The van der Waals surface area contributed by atoms with Crippen molar-refractivity contribution >= 4 is 17.7 Å². The molecule has 2 heterocycles. The van der Waals surface area contributed by atoms with Crippen LogP contribution in [0.3, 0.4) is 0 Å². The number of hydrogen-bond donors (Lipinski definition) is 0. The third-order valence-electron chi connectivity index (χ3n) is 2.91. The highest BCUT2D eigenvalue weighted by molar-refractivity contribution is 8.00. The third-order valence-corrected chi connectivity index (χ3v) is 3.86. The highest BCUT2D eigenvalue weighted by Crippen LogP contribution is 2.21. The smallest absolute Gasteiger partial charge is 0.246 e. The summed E-state index contributed by atoms with van der Waals surface area (Å²) < 4.78 is 5.03. The van der Waals surface area contributed by atoms with Crippen LogP contribution in [0.1, 0.15) is 30.0 Å². The van der Waals surface area contributed by atoms with Crippen LogP contribution in [0, 0.1) is 20.8 Å². The lowest BCUT2D eigenvalue weighted by atomic mass is 10.4. The molecule has 22 heavy (non-hydrogen) atoms. The molecular formula is C14H19N5O2S. The molecular weight excluding hydrogens is 302 g/mol. The van der Waals surface area contributed by atoms with Crippen LogP contribution < -0.4 is 0 Å². The number of aryl methyl sites for hydroxylation is 3. The van der Waals surface area contributed by atoms with Gasteiger partial charge in [-0.15, -0.1) is 0 Å². The first-order valence-corrected chi connectivity index (χ1v) is 7.76. The summed E-state index contributed by atoms with van der Waals surface area (Å²) in [5, 5.41) is 4.03. The lowest BCUT2D eigenvalue weighted by molar-refractivity contribution is -0.129. The molecule has 0 bridgehead atoms. The Morgan fingerprint density at radius 1 is 1.27 bits per heavy atom. The van der Waals surface area contributed by atoms with E-state index in [1.807, 2.05) is 26.8 Å². The molecule has 0 fully saturated rings. The Bertz CT molecular complexity index is 653. The van der Waals surface area contributed by atoms with Crippen molar-refractivity contribution in [2.75, 3.05) is 7.05 Å². The molecule has 0 N–H and O–H groups in total. The van der Waals surface area contributed by atoms with E-state index in [1.165, 1.54) is 11.8 Å². The van der Waals surface area contributed by atoms with Crippen LogP contribution in [-0.4, -0.2) is 43.2 Å². The first kappa shape index (κ1) is 16.4. The highest BCUT2D eigenvalue weighted by Gasteiger charge is 2.21. The van der Waals surface area contributed by atoms with Gasteiger partial charge in [-0.2, -0.15) is 4.98 Å². The lowest BCUT2D eigenvalue weighted by Crippen LogP contribution is -2.33. The van der Waals surface area contributed by atoms with Gasteiger partial charge in [-0.1, -0.05) is 16.9 Å². The average Bonchev–Trinajstić information content (AvgIpc) is 2.81. The predicted octanol–water partition coefficient (Wildman–Crippen LogP) is 1.92. The molecule has 0 aliphatic rings. The maximum absolute atomic E-state index is 12.4. The fourth-order valence-corrected chi connectivity index (χ4v) is 2.94. The molecule has 0 aliphatic carbocycles. The second-order valence-electron chi connectivity index (χ2n) is 5.12. The fourth-order valence-electron chi connectivity index (χ4n) is 1.95. The number of carbonyl (C=O) groups excluding carboxylic acids is 1. The van der Waals surface area contributed by atoms with Crippen molar-refractivity contribution in [2.24, 2.45) is 0 Å². The second-order valence-corrected chi connectivity index (χ2v) is 6.43. The Labute approximate surface area is 133 Å². The molecule has 8 heteroatoms. The van der Waals surface area contributed by atoms with Crippen LogP contribution in [0.5, 0.6) is 0 Å². The van der Waals surface area contributed by atoms with Gasteiger partial charge in [0.2, 0.25) is 11.8 Å². The number of thioether (sulfide) groups is 1. The van der Waals surface area contributed by atoms with E-state index in [-0.39, 0.29) is 17.7 Å². The predicted molar refractivity (Wildman–Crippen MR) is 82.3 cm³/mol. The van der Waals surface area contributed by atoms with Gasteiger partial charge >= 0.3 is 0 Å². The van der Waals surface area contributed by atoms with Crippen LogP contribution in [0.15, 0.2) is 15.7 Å². The molecule has 7 nitrogen and oxygen atoms in total. The Morgan fingerprint density at radius 3 is 2.45 bits per heavy atom. The zero-order chi connectivity index (χ0) is 16.3. The summed E-state index contributed by atoms with van der Waals surface area (Å²) in [5.74, 6) is 0.943. The van der Waals surface area contributed by atoms with E-state index in [0.717, 1.165) is 11.4 Å². The van der Waals surface area contributed by atoms with Gasteiger partial charge in [-0.05, 0) is 33.8 Å². The van der Waals surface area contributed by atoms with E-state index in [4.69, 9.17) is 4.52 Å². The minimum absolute atomic E-state index is 0.0383. The van der Waals surface area contributed by atoms with E-state index >= 15 is 0 Å². The lowest BCUT2D eigenvalue weighted by Gasteiger charge is -2.19. The number of carbonyl (C=O) groups is 1. The molecule has 2 aromatic rings. The molecule has 118 valence electrons. The second kappa shape index (κ2) is 6.87. The largest absolute Gasteiger partial charge is 0.337 e. The van der Waals surface area contributed by atoms with E-state index in [2.05, 4.69) is 20.1 Å². The minimum atomic E-state index is -0.296. The van der Waals surface area contributed by atoms with E-state index < -0.39 is 0 Å². The van der Waals surface area contributed by atoms with Crippen molar-refractivity contribution in [3.63, 3.8) is 0 Å². The number of aromatic nitrogens is 4. The minimum Gasteiger partial charge on any atom is -0.337 e. The Balaban J connectivity index is 1.98. The topological polar surface area (TPSA) is 85.0 Å². The zero-order valence-corrected chi connectivity index (χ0v) is 14.1. The SMILES string of the molecule is Cc1cc(C)nc(S[C@H](C)C(=O)N(C)Cc2nc(C)no2)n1. The van der Waals surface area contributed by atoms with Crippen molar-refractivity contribution in [3.05, 3.63) is 29.2 Å². The Morgan fingerprint density at radius 2 is 1.91 bits per heavy atom. The molecule has 0 saturated heterocycles. The third kappa shape index (κ3) is 4.27. The molecule has 0 aliphatic heterocycles. The van der Waals surface area contributed by atoms with E-state index in [1.54, 1.807) is 18.9 Å². The van der Waals surface area contributed by atoms with Crippen molar-refractivity contribution in [3.8, 4) is 0 Å². The summed E-state index contributed by atoms with van der Waals surface area (Å²) in [6.07, 6.45) is 0. The highest BCUT2D eigenvalue weighted by atomic mass is 32.2. The number of nitrogens with zero attached hydrogens (tertiary/aromatic N) is 5. The fraction of sp³-hybridized carbons (Fsp3) is 0.500. The molecule has 1 amide bonds. The monoisotopic (exact) mass is 321 g/mol. The summed E-state index contributed by atoms with van der Waals surface area (Å²) in [7, 11) is 1.71. The molecule has 2 aromatic heterocycles. The van der Waals surface area contributed by atoms with Gasteiger partial charge in [-0.25, -0.2) is 9.97 Å². The standard InChI is InChI=1S/C14H19N5O2S/c1-8-6-9(2)16-14(15-8)22-10(3)13(20)19(5)7-12-17-11(4)18-21-12/h6,10H,7H2,1-5H3/t10-/m1/s1. The number of rotatable bonds is 5. The summed E-state index contributed by atoms with van der Waals surface area (Å²) in [5.41, 5.74) is 1.79. The van der Waals surface area contributed by atoms with Crippen molar-refractivity contribution in [1.29, 1.82) is 0 Å². The van der Waals surface area contributed by atoms with Gasteiger partial charge < -0.3 is 9.42 Å². The summed E-state index contributed by atoms with van der Waals surface area (Å²) in [6, 6.07) is 1.90. The van der Waals surface area contributed by atoms with Gasteiger partial charge in [0.25, 0.3) is 0 Å². The average molecular weight is 321 g/mol. The van der Waals surface area contributed by atoms with Gasteiger partial charge in [-0.3, -0.25) is 4.79 Å². The van der Waals surface area contributed by atoms with Crippen LogP contribution in [-0.2, 0) is 11.3 Å². The molecule has 0 saturated carbocycles. The van der Waals surface area contributed by atoms with Gasteiger partial charge in [0.1, 0.15) is 0 Å². The maximum atomic E-state index is 12.4. The van der Waals surface area contributed by atoms with Crippen molar-refractivity contribution < 1.29 is 9.32 Å². The summed E-state index contributed by atoms with van der Waals surface area (Å²) in [6.45, 7) is 7.69. The van der Waals surface area contributed by atoms with Crippen molar-refractivity contribution in [1.82, 2.24) is 25.0 Å². The first-order valence-electron chi connectivity index (χ1n) is 6.88. The Kier molecular flexibility index (Phi) is 5.12. The molecule has 0 radical (unpaired) electrons. The Hall–Kier alpha value is -1.96. The van der Waals surface area contributed by atoms with E-state index in [0.29, 0.717) is 16.9 Å². The maximum Gasteiger partial charge on any atom is 0.246 e. The molecule has 0 spiro atoms. The molecule has 2 rings (SSSR count). The van der Waals surface area contributed by atoms with Gasteiger partial charge in [0.05, 0.1) is 11.8 Å². The first-order chi connectivity index (χ1) is 10.3. The quantitative estimate of drug-likeness (QED) is 0.614. The number of hydrogen-bond acceptors (Lipinski definition) is 7. The van der Waals surface area contributed by atoms with Gasteiger partial charge in [0.15, 0.2) is 11.0 Å². The van der Waals surface area contributed by atoms with Crippen LogP contribution >= 0.6 is 11.8 Å².